The van der Waals surface area contributed by atoms with E-state index in [2.05, 4.69) is 5.32 Å². The number of rotatable bonds is 6. The summed E-state index contributed by atoms with van der Waals surface area (Å²) in [6.45, 7) is -0.704. The highest BCUT2D eigenvalue weighted by Crippen LogP contribution is 2.33. The molecule has 0 bridgehead atoms. The predicted molar refractivity (Wildman–Crippen MR) is 85.0 cm³/mol. The van der Waals surface area contributed by atoms with Gasteiger partial charge in [-0.2, -0.15) is 0 Å². The van der Waals surface area contributed by atoms with Crippen LogP contribution in [0, 0.1) is 0 Å². The summed E-state index contributed by atoms with van der Waals surface area (Å²) in [5, 5.41) is 2.62. The lowest BCUT2D eigenvalue weighted by atomic mass is 10.2. The van der Waals surface area contributed by atoms with E-state index in [9.17, 15) is 14.4 Å². The molecule has 0 saturated carbocycles. The van der Waals surface area contributed by atoms with Gasteiger partial charge in [0.1, 0.15) is 0 Å². The molecule has 0 heterocycles. The first-order valence-corrected chi connectivity index (χ1v) is 7.18. The maximum Gasteiger partial charge on any atom is 0.338 e. The Morgan fingerprint density at radius 3 is 2.22 bits per heavy atom. The summed E-state index contributed by atoms with van der Waals surface area (Å²) >= 11 is 11.8. The minimum Gasteiger partial charge on any atom is -0.494 e. The van der Waals surface area contributed by atoms with Crippen molar-refractivity contribution in [1.29, 1.82) is 0 Å². The van der Waals surface area contributed by atoms with Crippen molar-refractivity contribution in [2.24, 2.45) is 0 Å². The van der Waals surface area contributed by atoms with Crippen molar-refractivity contribution in [2.45, 2.75) is 0 Å². The Hall–Kier alpha value is -1.99. The van der Waals surface area contributed by atoms with E-state index in [4.69, 9.17) is 32.7 Å². The Labute approximate surface area is 143 Å². The number of esters is 1. The van der Waals surface area contributed by atoms with Crippen LogP contribution in [0.4, 0.5) is 0 Å². The summed E-state index contributed by atoms with van der Waals surface area (Å²) in [5.41, 5.74) is 0.0815. The normalized spacial score (nSPS) is 9.96. The van der Waals surface area contributed by atoms with E-state index in [1.165, 1.54) is 24.1 Å². The van der Waals surface area contributed by atoms with Crippen LogP contribution in [0.2, 0.25) is 10.0 Å². The molecule has 0 aromatic heterocycles. The van der Waals surface area contributed by atoms with E-state index in [1.807, 2.05) is 0 Å². The summed E-state index contributed by atoms with van der Waals surface area (Å²) in [7, 11) is 4.52. The van der Waals surface area contributed by atoms with E-state index in [0.29, 0.717) is 0 Å². The number of carbonyl (C=O) groups is 3. The molecule has 0 aliphatic carbocycles. The molecule has 0 radical (unpaired) electrons. The number of hydrogen-bond donors (Lipinski definition) is 1. The number of benzene rings is 1. The second-order valence-electron chi connectivity index (χ2n) is 4.61. The fourth-order valence-electron chi connectivity index (χ4n) is 1.47. The molecule has 0 aliphatic rings. The Balaban J connectivity index is 2.57. The van der Waals surface area contributed by atoms with Gasteiger partial charge in [-0.15, -0.1) is 0 Å². The van der Waals surface area contributed by atoms with Gasteiger partial charge in [0.25, 0.3) is 5.91 Å². The predicted octanol–water partition coefficient (Wildman–Crippen LogP) is 1.36. The molecule has 1 N–H and O–H groups in total. The topological polar surface area (TPSA) is 84.9 Å². The van der Waals surface area contributed by atoms with Crippen LogP contribution in [0.5, 0.6) is 5.75 Å². The minimum absolute atomic E-state index is 0.0815. The van der Waals surface area contributed by atoms with Crippen molar-refractivity contribution in [3.8, 4) is 5.75 Å². The fourth-order valence-corrected chi connectivity index (χ4v) is 2.11. The number of nitrogens with one attached hydrogen (secondary N) is 1. The van der Waals surface area contributed by atoms with Crippen molar-refractivity contribution >= 4 is 41.0 Å². The third-order valence-corrected chi connectivity index (χ3v) is 3.27. The maximum atomic E-state index is 11.9. The number of likely N-dealkylation sites (N-methyl/N-ethyl adjacent to an activating group) is 1. The monoisotopic (exact) mass is 362 g/mol. The first-order valence-electron chi connectivity index (χ1n) is 6.43. The van der Waals surface area contributed by atoms with Gasteiger partial charge < -0.3 is 19.7 Å². The number of ether oxygens (including phenoxy) is 2. The molecule has 0 fully saturated rings. The van der Waals surface area contributed by atoms with Gasteiger partial charge >= 0.3 is 5.97 Å². The molecule has 126 valence electrons. The third kappa shape index (κ3) is 5.61. The zero-order valence-corrected chi connectivity index (χ0v) is 14.3. The van der Waals surface area contributed by atoms with Crippen LogP contribution in [0.25, 0.3) is 0 Å². The van der Waals surface area contributed by atoms with E-state index < -0.39 is 18.5 Å². The van der Waals surface area contributed by atoms with Crippen molar-refractivity contribution in [3.63, 3.8) is 0 Å². The molecule has 1 aromatic carbocycles. The zero-order valence-electron chi connectivity index (χ0n) is 12.8. The molecule has 7 nitrogen and oxygen atoms in total. The first kappa shape index (κ1) is 19.1. The quantitative estimate of drug-likeness (QED) is 0.772. The molecule has 0 unspecified atom stereocenters. The molecule has 9 heteroatoms. The highest BCUT2D eigenvalue weighted by molar-refractivity contribution is 6.37. The van der Waals surface area contributed by atoms with E-state index in [0.717, 1.165) is 0 Å². The SMILES string of the molecule is COc1c(Cl)cc(C(=O)OCC(=O)NCC(=O)N(C)C)cc1Cl. The van der Waals surface area contributed by atoms with Gasteiger partial charge in [0.05, 0.1) is 29.3 Å². The summed E-state index contributed by atoms with van der Waals surface area (Å²) in [6, 6.07) is 2.64. The highest BCUT2D eigenvalue weighted by Gasteiger charge is 2.16. The average Bonchev–Trinajstić information content (AvgIpc) is 2.49. The van der Waals surface area contributed by atoms with E-state index in [1.54, 1.807) is 14.1 Å². The van der Waals surface area contributed by atoms with Gasteiger partial charge in [-0.05, 0) is 12.1 Å². The van der Waals surface area contributed by atoms with Crippen LogP contribution in [0.15, 0.2) is 12.1 Å². The number of carbonyl (C=O) groups excluding carboxylic acids is 3. The smallest absolute Gasteiger partial charge is 0.338 e. The summed E-state index contributed by atoms with van der Waals surface area (Å²) in [5.74, 6) is -1.41. The highest BCUT2D eigenvalue weighted by atomic mass is 35.5. The lowest BCUT2D eigenvalue weighted by Gasteiger charge is -2.11. The summed E-state index contributed by atoms with van der Waals surface area (Å²) in [4.78, 5) is 36.0. The third-order valence-electron chi connectivity index (χ3n) is 2.71. The molecule has 2 amide bonds. The zero-order chi connectivity index (χ0) is 17.6. The molecule has 0 spiro atoms. The van der Waals surface area contributed by atoms with E-state index in [-0.39, 0.29) is 33.8 Å². The lowest BCUT2D eigenvalue weighted by Crippen LogP contribution is -2.38. The Morgan fingerprint density at radius 2 is 1.74 bits per heavy atom. The molecule has 23 heavy (non-hydrogen) atoms. The van der Waals surface area contributed by atoms with Gasteiger partial charge in [-0.3, -0.25) is 9.59 Å². The van der Waals surface area contributed by atoms with Gasteiger partial charge in [-0.1, -0.05) is 23.2 Å². The second-order valence-corrected chi connectivity index (χ2v) is 5.43. The Bertz CT molecular complexity index is 596. The fraction of sp³-hybridized carbons (Fsp3) is 0.357. The van der Waals surface area contributed by atoms with Crippen LogP contribution in [0.3, 0.4) is 0 Å². The van der Waals surface area contributed by atoms with Crippen molar-refractivity contribution in [2.75, 3.05) is 34.4 Å². The molecule has 1 rings (SSSR count). The number of nitrogens with zero attached hydrogens (tertiary/aromatic N) is 1. The molecule has 1 aromatic rings. The Morgan fingerprint density at radius 1 is 1.17 bits per heavy atom. The number of halogens is 2. The summed E-state index contributed by atoms with van der Waals surface area (Å²) < 4.78 is 9.80. The van der Waals surface area contributed by atoms with Crippen molar-refractivity contribution in [1.82, 2.24) is 10.2 Å². The standard InChI is InChI=1S/C14H16Cl2N2O5/c1-18(2)12(20)6-17-11(19)7-23-14(21)8-4-9(15)13(22-3)10(16)5-8/h4-5H,6-7H2,1-3H3,(H,17,19). The second kappa shape index (κ2) is 8.59. The molecular weight excluding hydrogens is 347 g/mol. The Kier molecular flexibility index (Phi) is 7.12. The van der Waals surface area contributed by atoms with Crippen LogP contribution < -0.4 is 10.1 Å². The van der Waals surface area contributed by atoms with Crippen molar-refractivity contribution in [3.05, 3.63) is 27.7 Å². The van der Waals surface area contributed by atoms with Gasteiger partial charge in [0.2, 0.25) is 5.91 Å². The van der Waals surface area contributed by atoms with Crippen LogP contribution >= 0.6 is 23.2 Å². The molecule has 0 saturated heterocycles. The lowest BCUT2D eigenvalue weighted by molar-refractivity contribution is -0.131. The van der Waals surface area contributed by atoms with Gasteiger partial charge in [0, 0.05) is 14.1 Å². The van der Waals surface area contributed by atoms with Gasteiger partial charge in [-0.25, -0.2) is 4.79 Å². The van der Waals surface area contributed by atoms with Crippen molar-refractivity contribution < 1.29 is 23.9 Å². The molecule has 0 aliphatic heterocycles. The number of methoxy groups -OCH3 is 1. The van der Waals surface area contributed by atoms with E-state index >= 15 is 0 Å². The summed E-state index contributed by atoms with van der Waals surface area (Å²) in [6.07, 6.45) is 0. The van der Waals surface area contributed by atoms with Gasteiger partial charge in [0.15, 0.2) is 12.4 Å². The maximum absolute atomic E-state index is 11.9. The molecule has 0 atom stereocenters. The molecular formula is C14H16Cl2N2O5. The van der Waals surface area contributed by atoms with Crippen LogP contribution in [-0.4, -0.2) is 57.0 Å². The van der Waals surface area contributed by atoms with Crippen LogP contribution in [0.1, 0.15) is 10.4 Å². The largest absolute Gasteiger partial charge is 0.494 e. The number of hydrogen-bond acceptors (Lipinski definition) is 5. The van der Waals surface area contributed by atoms with Crippen LogP contribution in [-0.2, 0) is 14.3 Å². The minimum atomic E-state index is -0.773. The average molecular weight is 363 g/mol. The first-order chi connectivity index (χ1) is 10.8. The number of amides is 2.